The number of hydrogen-bond donors (Lipinski definition) is 1. The number of anilines is 1. The molecule has 0 atom stereocenters. The lowest BCUT2D eigenvalue weighted by molar-refractivity contribution is -0.135. The number of ether oxygens (including phenoxy) is 1. The van der Waals surface area contributed by atoms with Gasteiger partial charge in [-0.2, -0.15) is 0 Å². The third kappa shape index (κ3) is 5.97. The van der Waals surface area contributed by atoms with Crippen LogP contribution in [0.25, 0.3) is 0 Å². The molecule has 2 amide bonds. The van der Waals surface area contributed by atoms with Gasteiger partial charge in [0.05, 0.1) is 0 Å². The number of benzene rings is 2. The molecule has 7 heteroatoms. The lowest BCUT2D eigenvalue weighted by atomic mass is 10.2. The highest BCUT2D eigenvalue weighted by atomic mass is 35.5. The van der Waals surface area contributed by atoms with Gasteiger partial charge >= 0.3 is 0 Å². The second-order valence-corrected chi connectivity index (χ2v) is 7.22. The van der Waals surface area contributed by atoms with E-state index in [4.69, 9.17) is 16.3 Å². The van der Waals surface area contributed by atoms with E-state index in [1.165, 1.54) is 12.5 Å². The highest BCUT2D eigenvalue weighted by Crippen LogP contribution is 2.18. The number of nitrogens with zero attached hydrogens (tertiary/aromatic N) is 2. The molecule has 148 valence electrons. The van der Waals surface area contributed by atoms with Crippen LogP contribution in [0.4, 0.5) is 5.69 Å². The number of hydrogen-bond acceptors (Lipinski definition) is 4. The van der Waals surface area contributed by atoms with Gasteiger partial charge in [-0.15, -0.1) is 0 Å². The van der Waals surface area contributed by atoms with Crippen molar-refractivity contribution in [3.05, 3.63) is 59.1 Å². The van der Waals surface area contributed by atoms with Crippen molar-refractivity contribution in [2.45, 2.75) is 13.5 Å². The van der Waals surface area contributed by atoms with Gasteiger partial charge in [0.1, 0.15) is 5.75 Å². The summed E-state index contributed by atoms with van der Waals surface area (Å²) in [7, 11) is 0. The third-order valence-electron chi connectivity index (χ3n) is 4.56. The molecule has 1 aliphatic rings. The Morgan fingerprint density at radius 2 is 1.79 bits per heavy atom. The van der Waals surface area contributed by atoms with E-state index in [1.54, 1.807) is 24.3 Å². The molecule has 2 aromatic rings. The number of amides is 2. The van der Waals surface area contributed by atoms with Crippen LogP contribution in [0.3, 0.4) is 0 Å². The zero-order valence-corrected chi connectivity index (χ0v) is 16.6. The SMILES string of the molecule is CC(=O)Nc1cccc(OCC(=O)N2CCN(Cc3ccc(Cl)cc3)CC2)c1. The first-order chi connectivity index (χ1) is 13.5. The second kappa shape index (κ2) is 9.57. The first-order valence-electron chi connectivity index (χ1n) is 9.24. The Kier molecular flexibility index (Phi) is 6.90. The number of rotatable bonds is 6. The Hall–Kier alpha value is -2.57. The van der Waals surface area contributed by atoms with E-state index in [0.717, 1.165) is 24.7 Å². The largest absolute Gasteiger partial charge is 0.484 e. The van der Waals surface area contributed by atoms with Crippen LogP contribution in [0.15, 0.2) is 48.5 Å². The van der Waals surface area contributed by atoms with Crippen molar-refractivity contribution in [3.8, 4) is 5.75 Å². The van der Waals surface area contributed by atoms with Gasteiger partial charge in [-0.25, -0.2) is 0 Å². The van der Waals surface area contributed by atoms with Crippen LogP contribution in [0.1, 0.15) is 12.5 Å². The highest BCUT2D eigenvalue weighted by Gasteiger charge is 2.21. The Labute approximate surface area is 170 Å². The maximum atomic E-state index is 12.4. The molecule has 1 saturated heterocycles. The third-order valence-corrected chi connectivity index (χ3v) is 4.81. The zero-order valence-electron chi connectivity index (χ0n) is 15.9. The molecule has 1 N–H and O–H groups in total. The van der Waals surface area contributed by atoms with Crippen LogP contribution in [0, 0.1) is 0 Å². The summed E-state index contributed by atoms with van der Waals surface area (Å²) < 4.78 is 5.61. The zero-order chi connectivity index (χ0) is 19.9. The predicted molar refractivity (Wildman–Crippen MR) is 110 cm³/mol. The van der Waals surface area contributed by atoms with E-state index in [0.29, 0.717) is 24.5 Å². The number of piperazine rings is 1. The van der Waals surface area contributed by atoms with Crippen LogP contribution in [0.5, 0.6) is 5.75 Å². The fourth-order valence-electron chi connectivity index (χ4n) is 3.11. The molecule has 1 aliphatic heterocycles. The molecular weight excluding hydrogens is 378 g/mol. The molecule has 0 spiro atoms. The summed E-state index contributed by atoms with van der Waals surface area (Å²) in [5.41, 5.74) is 1.86. The smallest absolute Gasteiger partial charge is 0.260 e. The van der Waals surface area contributed by atoms with Gasteiger partial charge in [0.15, 0.2) is 6.61 Å². The predicted octanol–water partition coefficient (Wildman–Crippen LogP) is 3.02. The maximum Gasteiger partial charge on any atom is 0.260 e. The van der Waals surface area contributed by atoms with Crippen LogP contribution in [0.2, 0.25) is 5.02 Å². The molecule has 3 rings (SSSR count). The van der Waals surface area contributed by atoms with Crippen molar-refractivity contribution < 1.29 is 14.3 Å². The van der Waals surface area contributed by atoms with Crippen molar-refractivity contribution in [2.24, 2.45) is 0 Å². The Balaban J connectivity index is 1.44. The minimum absolute atomic E-state index is 0.0132. The van der Waals surface area contributed by atoms with Crippen molar-refractivity contribution in [3.63, 3.8) is 0 Å². The molecule has 1 fully saturated rings. The number of halogens is 1. The van der Waals surface area contributed by atoms with Gasteiger partial charge in [-0.1, -0.05) is 29.8 Å². The fraction of sp³-hybridized carbons (Fsp3) is 0.333. The Morgan fingerprint density at radius 3 is 2.46 bits per heavy atom. The molecule has 28 heavy (non-hydrogen) atoms. The van der Waals surface area contributed by atoms with Crippen molar-refractivity contribution in [2.75, 3.05) is 38.1 Å². The summed E-state index contributed by atoms with van der Waals surface area (Å²) in [5, 5.41) is 3.43. The quantitative estimate of drug-likeness (QED) is 0.808. The monoisotopic (exact) mass is 401 g/mol. The molecule has 0 aromatic heterocycles. The molecule has 0 aliphatic carbocycles. The summed E-state index contributed by atoms with van der Waals surface area (Å²) in [6, 6.07) is 14.9. The lowest BCUT2D eigenvalue weighted by Gasteiger charge is -2.34. The van der Waals surface area contributed by atoms with Crippen molar-refractivity contribution in [1.82, 2.24) is 9.80 Å². The van der Waals surface area contributed by atoms with E-state index in [-0.39, 0.29) is 18.4 Å². The van der Waals surface area contributed by atoms with E-state index in [9.17, 15) is 9.59 Å². The van der Waals surface area contributed by atoms with E-state index in [2.05, 4.69) is 10.2 Å². The summed E-state index contributed by atoms with van der Waals surface area (Å²) in [4.78, 5) is 27.7. The Morgan fingerprint density at radius 1 is 1.07 bits per heavy atom. The molecule has 1 heterocycles. The minimum Gasteiger partial charge on any atom is -0.484 e. The summed E-state index contributed by atoms with van der Waals surface area (Å²) in [5.74, 6) is 0.377. The fourth-order valence-corrected chi connectivity index (χ4v) is 3.23. The van der Waals surface area contributed by atoms with Gasteiger partial charge < -0.3 is 15.0 Å². The molecule has 0 bridgehead atoms. The average molecular weight is 402 g/mol. The topological polar surface area (TPSA) is 61.9 Å². The van der Waals surface area contributed by atoms with Gasteiger partial charge in [0, 0.05) is 56.4 Å². The molecule has 0 radical (unpaired) electrons. The molecule has 0 unspecified atom stereocenters. The molecule has 6 nitrogen and oxygen atoms in total. The Bertz CT molecular complexity index is 818. The molecule has 0 saturated carbocycles. The number of nitrogens with one attached hydrogen (secondary N) is 1. The summed E-state index contributed by atoms with van der Waals surface area (Å²) in [6.07, 6.45) is 0. The summed E-state index contributed by atoms with van der Waals surface area (Å²) >= 11 is 5.93. The van der Waals surface area contributed by atoms with Gasteiger partial charge in [-0.3, -0.25) is 14.5 Å². The first kappa shape index (κ1) is 20.2. The lowest BCUT2D eigenvalue weighted by Crippen LogP contribution is -2.49. The van der Waals surface area contributed by atoms with E-state index < -0.39 is 0 Å². The average Bonchev–Trinajstić information content (AvgIpc) is 2.68. The minimum atomic E-state index is -0.148. The molecular formula is C21H24ClN3O3. The van der Waals surface area contributed by atoms with Crippen LogP contribution >= 0.6 is 11.6 Å². The number of carbonyl (C=O) groups is 2. The van der Waals surface area contributed by atoms with E-state index >= 15 is 0 Å². The van der Waals surface area contributed by atoms with Gasteiger partial charge in [-0.05, 0) is 29.8 Å². The van der Waals surface area contributed by atoms with Crippen LogP contribution in [-0.2, 0) is 16.1 Å². The first-order valence-corrected chi connectivity index (χ1v) is 9.62. The number of carbonyl (C=O) groups excluding carboxylic acids is 2. The normalized spacial score (nSPS) is 14.6. The van der Waals surface area contributed by atoms with Gasteiger partial charge in [0.2, 0.25) is 5.91 Å². The van der Waals surface area contributed by atoms with Crippen LogP contribution < -0.4 is 10.1 Å². The van der Waals surface area contributed by atoms with Crippen molar-refractivity contribution in [1.29, 1.82) is 0 Å². The standard InChI is InChI=1S/C21H24ClN3O3/c1-16(26)23-19-3-2-4-20(13-19)28-15-21(27)25-11-9-24(10-12-25)14-17-5-7-18(22)8-6-17/h2-8,13H,9-12,14-15H2,1H3,(H,23,26). The van der Waals surface area contributed by atoms with E-state index in [1.807, 2.05) is 29.2 Å². The second-order valence-electron chi connectivity index (χ2n) is 6.78. The molecule has 2 aromatic carbocycles. The maximum absolute atomic E-state index is 12.4. The van der Waals surface area contributed by atoms with Crippen LogP contribution in [-0.4, -0.2) is 54.4 Å². The highest BCUT2D eigenvalue weighted by molar-refractivity contribution is 6.30. The van der Waals surface area contributed by atoms with Gasteiger partial charge in [0.25, 0.3) is 5.91 Å². The van der Waals surface area contributed by atoms with Crippen molar-refractivity contribution >= 4 is 29.1 Å². The summed E-state index contributed by atoms with van der Waals surface area (Å²) in [6.45, 7) is 5.30.